The van der Waals surface area contributed by atoms with E-state index in [1.165, 1.54) is 0 Å². The normalized spacial score (nSPS) is 18.8. The first kappa shape index (κ1) is 35.5. The zero-order chi connectivity index (χ0) is 36.1. The van der Waals surface area contributed by atoms with Crippen molar-refractivity contribution in [3.8, 4) is 29.2 Å². The van der Waals surface area contributed by atoms with Gasteiger partial charge in [-0.1, -0.05) is 33.6 Å². The third-order valence-corrected chi connectivity index (χ3v) is 14.4. The van der Waals surface area contributed by atoms with Crippen molar-refractivity contribution in [1.29, 1.82) is 5.26 Å². The van der Waals surface area contributed by atoms with Gasteiger partial charge in [-0.05, 0) is 87.5 Å². The van der Waals surface area contributed by atoms with Gasteiger partial charge in [-0.3, -0.25) is 4.90 Å². The van der Waals surface area contributed by atoms with E-state index in [0.717, 1.165) is 47.3 Å². The molecule has 1 atom stereocenters. The highest BCUT2D eigenvalue weighted by Gasteiger charge is 2.47. The Labute approximate surface area is 297 Å². The van der Waals surface area contributed by atoms with E-state index in [9.17, 15) is 10.1 Å². The number of benzene rings is 1. The summed E-state index contributed by atoms with van der Waals surface area (Å²) in [6, 6.07) is 10.0. The number of carbonyl (C=O) groups excluding carboxylic acids is 1. The van der Waals surface area contributed by atoms with E-state index in [2.05, 4.69) is 69.0 Å². The molecule has 0 saturated heterocycles. The number of fused-ring (bicyclic) bond motifs is 2. The van der Waals surface area contributed by atoms with Crippen LogP contribution in [0.15, 0.2) is 30.5 Å². The molecule has 3 aromatic rings. The molecule has 6 rings (SSSR count). The minimum Gasteiger partial charge on any atom is -0.443 e. The van der Waals surface area contributed by atoms with E-state index in [-0.39, 0.29) is 5.04 Å². The maximum atomic E-state index is 13.6. The van der Waals surface area contributed by atoms with Gasteiger partial charge in [0.1, 0.15) is 17.4 Å². The first-order valence-electron chi connectivity index (χ1n) is 17.4. The van der Waals surface area contributed by atoms with E-state index in [4.69, 9.17) is 23.9 Å². The summed E-state index contributed by atoms with van der Waals surface area (Å²) in [6.45, 7) is 20.5. The summed E-state index contributed by atoms with van der Waals surface area (Å²) >= 11 is 0. The van der Waals surface area contributed by atoms with Crippen LogP contribution in [0.5, 0.6) is 0 Å². The molecule has 0 spiro atoms. The molecule has 0 unspecified atom stereocenters. The van der Waals surface area contributed by atoms with Gasteiger partial charge in [-0.25, -0.2) is 19.7 Å². The molecule has 0 radical (unpaired) electrons. The lowest BCUT2D eigenvalue weighted by Crippen LogP contribution is -2.46. The molecular weight excluding hydrogens is 645 g/mol. The fourth-order valence-corrected chi connectivity index (χ4v) is 6.97. The smallest absolute Gasteiger partial charge is 0.414 e. The fraction of sp³-hybridized carbons (Fsp3) is 0.513. The van der Waals surface area contributed by atoms with Crippen molar-refractivity contribution >= 4 is 31.7 Å². The van der Waals surface area contributed by atoms with Gasteiger partial charge in [0.2, 0.25) is 5.95 Å². The number of nitrogens with zero attached hydrogens (tertiary/aromatic N) is 5. The summed E-state index contributed by atoms with van der Waals surface area (Å²) in [6.07, 6.45) is 4.22. The maximum Gasteiger partial charge on any atom is 0.414 e. The summed E-state index contributed by atoms with van der Waals surface area (Å²) in [4.78, 5) is 29.6. The van der Waals surface area contributed by atoms with Crippen LogP contribution in [0.3, 0.4) is 0 Å². The molecule has 10 nitrogen and oxygen atoms in total. The topological polar surface area (TPSA) is 122 Å². The molecule has 11 heteroatoms. The minimum atomic E-state index is -2.15. The van der Waals surface area contributed by atoms with Crippen LogP contribution in [0.1, 0.15) is 89.4 Å². The summed E-state index contributed by atoms with van der Waals surface area (Å²) in [5.41, 5.74) is 5.28. The van der Waals surface area contributed by atoms with Crippen molar-refractivity contribution in [2.45, 2.75) is 103 Å². The van der Waals surface area contributed by atoms with E-state index in [1.54, 1.807) is 17.2 Å². The van der Waals surface area contributed by atoms with Crippen LogP contribution in [-0.2, 0) is 32.3 Å². The molecule has 1 fully saturated rings. The molecule has 2 aromatic heterocycles. The molecule has 0 bridgehead atoms. The van der Waals surface area contributed by atoms with Crippen molar-refractivity contribution in [3.05, 3.63) is 58.5 Å². The standard InChI is InChI=1S/C39H48N6O4Si/c1-37(2,3)49-36(46)45-23-39(7,24-48-50(8,9)38(4,5)6)29-19-26(18-27(21-40)34(29)45)30-14-16-41-35(43-30)44-33-20-28-22-47-17-15-31(28)42-32(33)13-12-25-10-11-25/h14,16,18-20,25H,10-11,15,17,22-24H2,1-9H3,(H,41,43,44)/t39-/m1/s1. The molecule has 262 valence electrons. The Morgan fingerprint density at radius 2 is 1.92 bits per heavy atom. The van der Waals surface area contributed by atoms with Crippen LogP contribution in [0.25, 0.3) is 11.3 Å². The molecular formula is C39H48N6O4Si. The minimum absolute atomic E-state index is 0.00358. The predicted octanol–water partition coefficient (Wildman–Crippen LogP) is 8.02. The van der Waals surface area contributed by atoms with Crippen molar-refractivity contribution < 1.29 is 18.7 Å². The maximum absolute atomic E-state index is 13.6. The lowest BCUT2D eigenvalue weighted by Gasteiger charge is -2.39. The first-order valence-corrected chi connectivity index (χ1v) is 20.3. The summed E-state index contributed by atoms with van der Waals surface area (Å²) < 4.78 is 18.3. The third kappa shape index (κ3) is 7.56. The third-order valence-electron chi connectivity index (χ3n) is 9.93. The summed E-state index contributed by atoms with van der Waals surface area (Å²) in [5, 5.41) is 13.9. The van der Waals surface area contributed by atoms with Crippen LogP contribution in [-0.4, -0.2) is 54.7 Å². The van der Waals surface area contributed by atoms with E-state index >= 15 is 0 Å². The van der Waals surface area contributed by atoms with Crippen LogP contribution in [0.4, 0.5) is 22.1 Å². The largest absolute Gasteiger partial charge is 0.443 e. The number of hydrogen-bond donors (Lipinski definition) is 1. The number of ether oxygens (including phenoxy) is 2. The van der Waals surface area contributed by atoms with Crippen molar-refractivity contribution in [2.75, 3.05) is 30.0 Å². The summed E-state index contributed by atoms with van der Waals surface area (Å²) in [7, 11) is -2.15. The zero-order valence-corrected chi connectivity index (χ0v) is 31.8. The second-order valence-electron chi connectivity index (χ2n) is 16.4. The van der Waals surface area contributed by atoms with Crippen molar-refractivity contribution in [1.82, 2.24) is 15.0 Å². The van der Waals surface area contributed by atoms with E-state index in [1.807, 2.05) is 39.0 Å². The van der Waals surface area contributed by atoms with Gasteiger partial charge in [-0.15, -0.1) is 0 Å². The van der Waals surface area contributed by atoms with Gasteiger partial charge in [0.25, 0.3) is 0 Å². The second kappa shape index (κ2) is 13.1. The van der Waals surface area contributed by atoms with E-state index in [0.29, 0.717) is 60.9 Å². The molecule has 1 amide bonds. The lowest BCUT2D eigenvalue weighted by atomic mass is 9.83. The molecule has 1 N–H and O–H groups in total. The van der Waals surface area contributed by atoms with Gasteiger partial charge in [0.15, 0.2) is 8.32 Å². The molecule has 4 heterocycles. The average molecular weight is 693 g/mol. The SMILES string of the molecule is CC(C)(C)OC(=O)N1C[C@](C)(CO[Si](C)(C)C(C)(C)C)c2cc(-c3ccnc(Nc4cc5c(nc4C#CC4CC4)CCOC5)n3)cc(C#N)c21. The predicted molar refractivity (Wildman–Crippen MR) is 197 cm³/mol. The van der Waals surface area contributed by atoms with E-state index < -0.39 is 25.4 Å². The number of rotatable bonds is 6. The highest BCUT2D eigenvalue weighted by atomic mass is 28.4. The number of pyridine rings is 1. The number of carbonyl (C=O) groups is 1. The van der Waals surface area contributed by atoms with Gasteiger partial charge in [-0.2, -0.15) is 5.26 Å². The lowest BCUT2D eigenvalue weighted by molar-refractivity contribution is 0.0575. The number of nitrogens with one attached hydrogen (secondary N) is 1. The van der Waals surface area contributed by atoms with Crippen molar-refractivity contribution in [2.24, 2.45) is 5.92 Å². The van der Waals surface area contributed by atoms with Crippen LogP contribution >= 0.6 is 0 Å². The molecule has 50 heavy (non-hydrogen) atoms. The first-order chi connectivity index (χ1) is 23.5. The molecule has 1 saturated carbocycles. The quantitative estimate of drug-likeness (QED) is 0.202. The van der Waals surface area contributed by atoms with Gasteiger partial charge >= 0.3 is 6.09 Å². The number of hydrogen-bond acceptors (Lipinski definition) is 9. The second-order valence-corrected chi connectivity index (χ2v) is 21.2. The van der Waals surface area contributed by atoms with Crippen LogP contribution in [0.2, 0.25) is 18.1 Å². The van der Waals surface area contributed by atoms with Crippen LogP contribution < -0.4 is 10.2 Å². The number of nitriles is 1. The van der Waals surface area contributed by atoms with Crippen LogP contribution in [0, 0.1) is 29.1 Å². The van der Waals surface area contributed by atoms with Gasteiger partial charge in [0, 0.05) is 53.9 Å². The Balaban J connectivity index is 1.39. The molecule has 1 aromatic carbocycles. The average Bonchev–Trinajstić information content (AvgIpc) is 3.83. The Morgan fingerprint density at radius 1 is 1.16 bits per heavy atom. The highest BCUT2D eigenvalue weighted by Crippen LogP contribution is 2.47. The Bertz CT molecular complexity index is 1930. The number of aromatic nitrogens is 3. The molecule has 1 aliphatic carbocycles. The van der Waals surface area contributed by atoms with Gasteiger partial charge in [0.05, 0.1) is 35.8 Å². The Hall–Kier alpha value is -4.29. The van der Waals surface area contributed by atoms with Crippen molar-refractivity contribution in [3.63, 3.8) is 0 Å². The monoisotopic (exact) mass is 692 g/mol. The Morgan fingerprint density at radius 3 is 2.60 bits per heavy atom. The Kier molecular flexibility index (Phi) is 9.32. The zero-order valence-electron chi connectivity index (χ0n) is 30.8. The number of anilines is 3. The summed E-state index contributed by atoms with van der Waals surface area (Å²) in [5.74, 6) is 7.45. The van der Waals surface area contributed by atoms with Gasteiger partial charge < -0.3 is 19.2 Å². The number of amides is 1. The fourth-order valence-electron chi connectivity index (χ4n) is 5.86. The molecule has 3 aliphatic rings. The highest BCUT2D eigenvalue weighted by molar-refractivity contribution is 6.74. The molecule has 2 aliphatic heterocycles.